The van der Waals surface area contributed by atoms with E-state index in [-0.39, 0.29) is 17.2 Å². The standard InChI is InChI=1S/C11H21NO2S/c1-8(2)12-7-14-6-5-10(11(12)13)15-9(3)4/h8-10H,5-7H2,1-4H3. The second-order valence-corrected chi connectivity index (χ2v) is 6.19. The molecule has 1 fully saturated rings. The predicted molar refractivity (Wildman–Crippen MR) is 63.9 cm³/mol. The van der Waals surface area contributed by atoms with Crippen molar-refractivity contribution in [3.8, 4) is 0 Å². The minimum absolute atomic E-state index is 0.0786. The molecular formula is C11H21NO2S. The fourth-order valence-corrected chi connectivity index (χ4v) is 2.72. The molecule has 0 saturated carbocycles. The minimum Gasteiger partial charge on any atom is -0.361 e. The van der Waals surface area contributed by atoms with E-state index < -0.39 is 0 Å². The van der Waals surface area contributed by atoms with Crippen molar-refractivity contribution in [2.75, 3.05) is 13.3 Å². The maximum atomic E-state index is 12.1. The SMILES string of the molecule is CC(C)SC1CCOCN(C(C)C)C1=O. The predicted octanol–water partition coefficient (Wildman–Crippen LogP) is 2.11. The zero-order valence-electron chi connectivity index (χ0n) is 10.0. The van der Waals surface area contributed by atoms with Crippen LogP contribution >= 0.6 is 11.8 Å². The molecule has 0 aliphatic carbocycles. The molecule has 0 bridgehead atoms. The fourth-order valence-electron chi connectivity index (χ4n) is 1.58. The van der Waals surface area contributed by atoms with E-state index in [0.717, 1.165) is 6.42 Å². The highest BCUT2D eigenvalue weighted by molar-refractivity contribution is 8.01. The Labute approximate surface area is 96.5 Å². The van der Waals surface area contributed by atoms with Crippen LogP contribution in [0.2, 0.25) is 0 Å². The van der Waals surface area contributed by atoms with E-state index in [0.29, 0.717) is 18.6 Å². The van der Waals surface area contributed by atoms with Crippen molar-refractivity contribution >= 4 is 17.7 Å². The molecule has 1 aliphatic rings. The number of hydrogen-bond acceptors (Lipinski definition) is 3. The number of nitrogens with zero attached hydrogens (tertiary/aromatic N) is 1. The lowest BCUT2D eigenvalue weighted by molar-refractivity contribution is -0.135. The van der Waals surface area contributed by atoms with E-state index in [1.54, 1.807) is 11.8 Å². The first kappa shape index (κ1) is 12.8. The number of carbonyl (C=O) groups is 1. The first-order chi connectivity index (χ1) is 7.02. The highest BCUT2D eigenvalue weighted by Crippen LogP contribution is 2.25. The van der Waals surface area contributed by atoms with Crippen LogP contribution in [-0.2, 0) is 9.53 Å². The van der Waals surface area contributed by atoms with Gasteiger partial charge in [0.05, 0.1) is 11.9 Å². The van der Waals surface area contributed by atoms with Gasteiger partial charge in [-0.1, -0.05) is 13.8 Å². The van der Waals surface area contributed by atoms with E-state index >= 15 is 0 Å². The highest BCUT2D eigenvalue weighted by atomic mass is 32.2. The number of hydrogen-bond donors (Lipinski definition) is 0. The topological polar surface area (TPSA) is 29.5 Å². The van der Waals surface area contributed by atoms with E-state index in [9.17, 15) is 4.79 Å². The lowest BCUT2D eigenvalue weighted by atomic mass is 10.2. The van der Waals surface area contributed by atoms with Gasteiger partial charge in [0.25, 0.3) is 0 Å². The first-order valence-corrected chi connectivity index (χ1v) is 6.50. The third-order valence-corrected chi connectivity index (χ3v) is 3.68. The molecule has 3 nitrogen and oxygen atoms in total. The summed E-state index contributed by atoms with van der Waals surface area (Å²) >= 11 is 1.75. The average Bonchev–Trinajstić information content (AvgIpc) is 2.29. The Bertz CT molecular complexity index is 219. The summed E-state index contributed by atoms with van der Waals surface area (Å²) in [7, 11) is 0. The minimum atomic E-state index is 0.0786. The summed E-state index contributed by atoms with van der Waals surface area (Å²) in [5, 5.41) is 0.570. The van der Waals surface area contributed by atoms with Crippen molar-refractivity contribution in [1.82, 2.24) is 4.90 Å². The van der Waals surface area contributed by atoms with Crippen LogP contribution in [0.4, 0.5) is 0 Å². The number of carbonyl (C=O) groups excluding carboxylic acids is 1. The molecular weight excluding hydrogens is 210 g/mol. The van der Waals surface area contributed by atoms with Gasteiger partial charge in [0.1, 0.15) is 6.73 Å². The summed E-state index contributed by atoms with van der Waals surface area (Å²) in [6.07, 6.45) is 0.838. The zero-order valence-corrected chi connectivity index (χ0v) is 10.8. The van der Waals surface area contributed by atoms with Crippen LogP contribution in [0.5, 0.6) is 0 Å². The van der Waals surface area contributed by atoms with Gasteiger partial charge in [-0.2, -0.15) is 0 Å². The van der Waals surface area contributed by atoms with Crippen LogP contribution in [0.3, 0.4) is 0 Å². The number of rotatable bonds is 3. The van der Waals surface area contributed by atoms with Gasteiger partial charge in [0.2, 0.25) is 5.91 Å². The van der Waals surface area contributed by atoms with Crippen molar-refractivity contribution in [2.45, 2.75) is 50.7 Å². The highest BCUT2D eigenvalue weighted by Gasteiger charge is 2.29. The van der Waals surface area contributed by atoms with Crippen LogP contribution in [0.15, 0.2) is 0 Å². The Morgan fingerprint density at radius 2 is 2.07 bits per heavy atom. The summed E-state index contributed by atoms with van der Waals surface area (Å²) in [6.45, 7) is 9.46. The van der Waals surface area contributed by atoms with Crippen LogP contribution in [0.1, 0.15) is 34.1 Å². The molecule has 15 heavy (non-hydrogen) atoms. The molecule has 1 amide bonds. The first-order valence-electron chi connectivity index (χ1n) is 5.56. The Hall–Kier alpha value is -0.220. The van der Waals surface area contributed by atoms with Gasteiger partial charge >= 0.3 is 0 Å². The molecule has 1 saturated heterocycles. The van der Waals surface area contributed by atoms with E-state index in [1.165, 1.54) is 0 Å². The van der Waals surface area contributed by atoms with Crippen molar-refractivity contribution < 1.29 is 9.53 Å². The fraction of sp³-hybridized carbons (Fsp3) is 0.909. The number of amides is 1. The molecule has 0 radical (unpaired) electrons. The average molecular weight is 231 g/mol. The third-order valence-electron chi connectivity index (χ3n) is 2.37. The van der Waals surface area contributed by atoms with Crippen LogP contribution in [-0.4, -0.2) is 40.7 Å². The summed E-state index contributed by atoms with van der Waals surface area (Å²) in [4.78, 5) is 14.0. The van der Waals surface area contributed by atoms with Gasteiger partial charge in [-0.15, -0.1) is 11.8 Å². The molecule has 1 unspecified atom stereocenters. The van der Waals surface area contributed by atoms with Crippen LogP contribution < -0.4 is 0 Å². The second-order valence-electron chi connectivity index (χ2n) is 4.40. The van der Waals surface area contributed by atoms with E-state index in [2.05, 4.69) is 13.8 Å². The van der Waals surface area contributed by atoms with Crippen molar-refractivity contribution in [1.29, 1.82) is 0 Å². The largest absolute Gasteiger partial charge is 0.361 e. The van der Waals surface area contributed by atoms with Gasteiger partial charge in [-0.25, -0.2) is 0 Å². The van der Waals surface area contributed by atoms with E-state index in [1.807, 2.05) is 18.7 Å². The van der Waals surface area contributed by atoms with Gasteiger partial charge in [-0.05, 0) is 25.5 Å². The van der Waals surface area contributed by atoms with Gasteiger partial charge in [-0.3, -0.25) is 4.79 Å². The molecule has 1 rings (SSSR count). The van der Waals surface area contributed by atoms with Crippen LogP contribution in [0.25, 0.3) is 0 Å². The molecule has 88 valence electrons. The summed E-state index contributed by atoms with van der Waals surface area (Å²) in [5.74, 6) is 0.237. The van der Waals surface area contributed by atoms with Gasteiger partial charge < -0.3 is 9.64 Å². The number of ether oxygens (including phenoxy) is 1. The lowest BCUT2D eigenvalue weighted by Crippen LogP contribution is -2.41. The molecule has 0 aromatic rings. The Morgan fingerprint density at radius 3 is 2.60 bits per heavy atom. The summed E-state index contributed by atoms with van der Waals surface area (Å²) < 4.78 is 5.44. The van der Waals surface area contributed by atoms with Crippen molar-refractivity contribution in [2.24, 2.45) is 0 Å². The Morgan fingerprint density at radius 1 is 1.40 bits per heavy atom. The molecule has 0 spiro atoms. The van der Waals surface area contributed by atoms with Crippen molar-refractivity contribution in [3.63, 3.8) is 0 Å². The van der Waals surface area contributed by atoms with Gasteiger partial charge in [0, 0.05) is 6.04 Å². The lowest BCUT2D eigenvalue weighted by Gasteiger charge is -2.27. The third kappa shape index (κ3) is 3.68. The van der Waals surface area contributed by atoms with Crippen molar-refractivity contribution in [3.05, 3.63) is 0 Å². The molecule has 1 atom stereocenters. The summed E-state index contributed by atoms with van der Waals surface area (Å²) in [6, 6.07) is 0.228. The quantitative estimate of drug-likeness (QED) is 0.745. The molecule has 4 heteroatoms. The molecule has 1 aliphatic heterocycles. The maximum absolute atomic E-state index is 12.1. The monoisotopic (exact) mass is 231 g/mol. The zero-order chi connectivity index (χ0) is 11.4. The Kier molecular flexibility index (Phi) is 4.93. The smallest absolute Gasteiger partial charge is 0.237 e. The molecule has 1 heterocycles. The maximum Gasteiger partial charge on any atom is 0.237 e. The Balaban J connectivity index is 2.66. The molecule has 0 aromatic heterocycles. The molecule has 0 aromatic carbocycles. The second kappa shape index (κ2) is 5.75. The van der Waals surface area contributed by atoms with Gasteiger partial charge in [0.15, 0.2) is 0 Å². The van der Waals surface area contributed by atoms with E-state index in [4.69, 9.17) is 4.74 Å². The number of thioether (sulfide) groups is 1. The molecule has 0 N–H and O–H groups in total. The summed E-state index contributed by atoms with van der Waals surface area (Å²) in [5.41, 5.74) is 0. The van der Waals surface area contributed by atoms with Crippen LogP contribution in [0, 0.1) is 0 Å². The normalized spacial score (nSPS) is 23.7.